The number of fused-ring (bicyclic) bond motifs is 15. The molecule has 5 heterocycles. The minimum Gasteiger partial charge on any atom is -0.335 e. The Balaban J connectivity index is 0.976. The third kappa shape index (κ3) is 8.02. The topological polar surface area (TPSA) is 58.4 Å². The van der Waals surface area contributed by atoms with Gasteiger partial charge in [-0.3, -0.25) is 0 Å². The lowest BCUT2D eigenvalue weighted by Gasteiger charge is -2.18. The fourth-order valence-electron chi connectivity index (χ4n) is 14.1. The van der Waals surface area contributed by atoms with Gasteiger partial charge < -0.3 is 18.3 Å². The van der Waals surface area contributed by atoms with Crippen LogP contribution in [-0.4, -0.2) is 33.2 Å². The average molecular weight is 1140 g/mol. The third-order valence-corrected chi connectivity index (χ3v) is 18.1. The van der Waals surface area contributed by atoms with Crippen molar-refractivity contribution in [3.63, 3.8) is 0 Å². The van der Waals surface area contributed by atoms with Crippen molar-refractivity contribution in [2.75, 3.05) is 0 Å². The lowest BCUT2D eigenvalue weighted by atomic mass is 10.0. The normalized spacial score (nSPS) is 11.9. The van der Waals surface area contributed by atoms with Crippen LogP contribution in [0.3, 0.4) is 0 Å². The SMILES string of the molecule is c1ccc(-c2ccc3c(c2)c2cc(-c4ccccc4)ccc2n3-c2cc(-c3nc(-c4ccccc4)nc(-c4ccccc4)n3)ccc2Cn2c3ccccc3c3c2c2c4ccccc4n(-c4ccccc4)c2c2c4ccccc4n(-c4ccccc4)c32)cc1. The number of aromatic nitrogens is 7. The van der Waals surface area contributed by atoms with E-state index in [9.17, 15) is 0 Å². The van der Waals surface area contributed by atoms with E-state index in [-0.39, 0.29) is 0 Å². The second kappa shape index (κ2) is 20.4. The maximum Gasteiger partial charge on any atom is 0.164 e. The molecule has 0 aliphatic rings. The van der Waals surface area contributed by atoms with E-state index in [1.807, 2.05) is 36.4 Å². The van der Waals surface area contributed by atoms with Crippen LogP contribution in [0.1, 0.15) is 5.56 Å². The van der Waals surface area contributed by atoms with E-state index in [0.29, 0.717) is 24.0 Å². The monoisotopic (exact) mass is 1140 g/mol. The minimum absolute atomic E-state index is 0.518. The van der Waals surface area contributed by atoms with Crippen LogP contribution in [0.5, 0.6) is 0 Å². The van der Waals surface area contributed by atoms with Crippen LogP contribution in [0.25, 0.3) is 161 Å². The maximum atomic E-state index is 5.35. The summed E-state index contributed by atoms with van der Waals surface area (Å²) in [6.45, 7) is 0.518. The molecule has 5 aromatic heterocycles. The highest BCUT2D eigenvalue weighted by Crippen LogP contribution is 2.50. The molecule has 0 aliphatic heterocycles. The fourth-order valence-corrected chi connectivity index (χ4v) is 14.1. The Morgan fingerprint density at radius 1 is 0.236 bits per heavy atom. The van der Waals surface area contributed by atoms with Gasteiger partial charge in [0.15, 0.2) is 17.5 Å². The van der Waals surface area contributed by atoms with Gasteiger partial charge in [0.05, 0.1) is 50.8 Å². The zero-order valence-corrected chi connectivity index (χ0v) is 48.3. The van der Waals surface area contributed by atoms with Crippen molar-refractivity contribution in [3.05, 3.63) is 315 Å². The summed E-state index contributed by atoms with van der Waals surface area (Å²) in [5, 5.41) is 9.56. The zero-order chi connectivity index (χ0) is 58.5. The minimum atomic E-state index is 0.518. The first-order chi connectivity index (χ1) is 44.2. The van der Waals surface area contributed by atoms with Crippen molar-refractivity contribution in [1.29, 1.82) is 0 Å². The molecule has 0 spiro atoms. The highest BCUT2D eigenvalue weighted by molar-refractivity contribution is 6.40. The molecule has 0 atom stereocenters. The molecule has 18 aromatic rings. The molecule has 0 bridgehead atoms. The largest absolute Gasteiger partial charge is 0.335 e. The van der Waals surface area contributed by atoms with Crippen LogP contribution in [0, 0.1) is 0 Å². The number of benzene rings is 13. The third-order valence-electron chi connectivity index (χ3n) is 18.1. The van der Waals surface area contributed by atoms with Gasteiger partial charge in [-0.05, 0) is 101 Å². The molecule has 0 amide bonds. The number of nitrogens with zero attached hydrogens (tertiary/aromatic N) is 7. The van der Waals surface area contributed by atoms with E-state index in [0.717, 1.165) is 88.8 Å². The molecule has 0 saturated carbocycles. The van der Waals surface area contributed by atoms with Crippen LogP contribution in [0.15, 0.2) is 309 Å². The van der Waals surface area contributed by atoms with E-state index >= 15 is 0 Å². The summed E-state index contributed by atoms with van der Waals surface area (Å²) in [7, 11) is 0. The van der Waals surface area contributed by atoms with Gasteiger partial charge in [-0.25, -0.2) is 15.0 Å². The molecule has 0 radical (unpaired) electrons. The van der Waals surface area contributed by atoms with Crippen molar-refractivity contribution in [1.82, 2.24) is 33.2 Å². The molecule has 416 valence electrons. The Kier molecular flexibility index (Phi) is 11.5. The van der Waals surface area contributed by atoms with Crippen molar-refractivity contribution in [2.24, 2.45) is 0 Å². The Hall–Kier alpha value is -11.9. The first-order valence-electron chi connectivity index (χ1n) is 30.4. The van der Waals surface area contributed by atoms with Gasteiger partial charge in [0.25, 0.3) is 0 Å². The van der Waals surface area contributed by atoms with Gasteiger partial charge in [0, 0.05) is 76.7 Å². The lowest BCUT2D eigenvalue weighted by Crippen LogP contribution is -2.07. The van der Waals surface area contributed by atoms with Crippen LogP contribution >= 0.6 is 0 Å². The van der Waals surface area contributed by atoms with Gasteiger partial charge in [-0.2, -0.15) is 0 Å². The number of rotatable bonds is 10. The number of para-hydroxylation sites is 5. The maximum absolute atomic E-state index is 5.35. The molecule has 0 aliphatic carbocycles. The number of hydrogen-bond acceptors (Lipinski definition) is 3. The molecule has 0 N–H and O–H groups in total. The van der Waals surface area contributed by atoms with Gasteiger partial charge in [-0.1, -0.05) is 237 Å². The molecule has 0 fully saturated rings. The molecule has 13 aromatic carbocycles. The molecule has 0 saturated heterocycles. The average Bonchev–Trinajstić information content (AvgIpc) is 1.52. The highest BCUT2D eigenvalue weighted by atomic mass is 15.1. The predicted octanol–water partition coefficient (Wildman–Crippen LogP) is 20.7. The van der Waals surface area contributed by atoms with Crippen LogP contribution in [-0.2, 0) is 6.54 Å². The molecular weight excluding hydrogens is 1080 g/mol. The van der Waals surface area contributed by atoms with E-state index < -0.39 is 0 Å². The van der Waals surface area contributed by atoms with Gasteiger partial charge >= 0.3 is 0 Å². The van der Waals surface area contributed by atoms with Gasteiger partial charge in [-0.15, -0.1) is 0 Å². The predicted molar refractivity (Wildman–Crippen MR) is 369 cm³/mol. The van der Waals surface area contributed by atoms with Crippen LogP contribution < -0.4 is 0 Å². The zero-order valence-electron chi connectivity index (χ0n) is 48.3. The van der Waals surface area contributed by atoms with Gasteiger partial charge in [0.1, 0.15) is 0 Å². The molecule has 89 heavy (non-hydrogen) atoms. The summed E-state index contributed by atoms with van der Waals surface area (Å²) < 4.78 is 10.2. The van der Waals surface area contributed by atoms with E-state index in [4.69, 9.17) is 15.0 Å². The highest BCUT2D eigenvalue weighted by Gasteiger charge is 2.29. The van der Waals surface area contributed by atoms with Crippen molar-refractivity contribution < 1.29 is 0 Å². The van der Waals surface area contributed by atoms with Crippen LogP contribution in [0.4, 0.5) is 0 Å². The van der Waals surface area contributed by atoms with Crippen LogP contribution in [0.2, 0.25) is 0 Å². The second-order valence-corrected chi connectivity index (χ2v) is 23.1. The standard InChI is InChI=1S/C82H53N7/c1-7-25-53(26-8-1)57-45-47-71-66(49-57)67-50-58(54-27-9-2-10-28-54)46-48-72(67)89(71)73-51-59(82-84-80(55-29-11-3-12-30-55)83-81(85-82)56-31-13-4-14-32-56)43-44-60(73)52-86-68-40-22-19-37-63(68)74-77(86)75-64-38-20-23-41-69(64)87(61-33-15-5-16-34-61)79(75)76-65-39-21-24-42-70(65)88(78(74)76)62-35-17-6-18-36-62/h1-51H,52H2. The Bertz CT molecular complexity index is 5560. The van der Waals surface area contributed by atoms with Gasteiger partial charge in [0.2, 0.25) is 0 Å². The summed E-state index contributed by atoms with van der Waals surface area (Å²) in [6.07, 6.45) is 0. The smallest absolute Gasteiger partial charge is 0.164 e. The Morgan fingerprint density at radius 3 is 1.04 bits per heavy atom. The lowest BCUT2D eigenvalue weighted by molar-refractivity contribution is 0.862. The summed E-state index contributed by atoms with van der Waals surface area (Å²) in [4.78, 5) is 15.8. The Labute approximate surface area is 512 Å². The quantitative estimate of drug-likeness (QED) is 0.137. The molecule has 0 unspecified atom stereocenters. The molecular formula is C82H53N7. The first kappa shape index (κ1) is 50.4. The summed E-state index contributed by atoms with van der Waals surface area (Å²) in [5.74, 6) is 1.82. The van der Waals surface area contributed by atoms with E-state index in [1.165, 1.54) is 60.0 Å². The summed E-state index contributed by atoms with van der Waals surface area (Å²) in [5.41, 5.74) is 20.9. The van der Waals surface area contributed by atoms with E-state index in [2.05, 4.69) is 291 Å². The van der Waals surface area contributed by atoms with Crippen molar-refractivity contribution in [2.45, 2.75) is 6.54 Å². The second-order valence-electron chi connectivity index (χ2n) is 23.1. The fraction of sp³-hybridized carbons (Fsp3) is 0.0122. The summed E-state index contributed by atoms with van der Waals surface area (Å²) in [6, 6.07) is 112. The van der Waals surface area contributed by atoms with Crippen molar-refractivity contribution >= 4 is 87.2 Å². The molecule has 18 rings (SSSR count). The first-order valence-corrected chi connectivity index (χ1v) is 30.4. The van der Waals surface area contributed by atoms with Crippen molar-refractivity contribution in [3.8, 4) is 73.5 Å². The Morgan fingerprint density at radius 2 is 0.584 bits per heavy atom. The molecule has 7 heteroatoms. The molecule has 7 nitrogen and oxygen atoms in total. The van der Waals surface area contributed by atoms with E-state index in [1.54, 1.807) is 0 Å². The number of hydrogen-bond donors (Lipinski definition) is 0. The summed E-state index contributed by atoms with van der Waals surface area (Å²) >= 11 is 0.